The molecule has 1 N–H and O–H groups in total. The van der Waals surface area contributed by atoms with Crippen LogP contribution in [-0.4, -0.2) is 69.8 Å². The molecule has 170 valence electrons. The van der Waals surface area contributed by atoms with Gasteiger partial charge in [-0.3, -0.25) is 4.99 Å². The minimum atomic E-state index is 0. The number of rotatable bonds is 7. The minimum absolute atomic E-state index is 0. The van der Waals surface area contributed by atoms with Crippen LogP contribution in [0, 0.1) is 0 Å². The Bertz CT molecular complexity index is 808. The molecule has 0 radical (unpaired) electrons. The zero-order chi connectivity index (χ0) is 21.3. The van der Waals surface area contributed by atoms with Crippen LogP contribution in [0.4, 0.5) is 0 Å². The summed E-state index contributed by atoms with van der Waals surface area (Å²) in [5, 5.41) is 3.57. The van der Waals surface area contributed by atoms with Crippen LogP contribution in [0.2, 0.25) is 0 Å². The molecule has 1 heterocycles. The first-order valence-corrected chi connectivity index (χ1v) is 10.6. The maximum absolute atomic E-state index is 6.12. The number of likely N-dealkylation sites (N-methyl/N-ethyl adjacent to an activating group) is 1. The molecule has 1 unspecified atom stereocenters. The summed E-state index contributed by atoms with van der Waals surface area (Å²) in [6.07, 6.45) is 2.23. The first-order valence-electron chi connectivity index (χ1n) is 10.6. The van der Waals surface area contributed by atoms with Gasteiger partial charge < -0.3 is 24.6 Å². The molecule has 1 fully saturated rings. The second-order valence-electron chi connectivity index (χ2n) is 7.77. The number of nitrogens with one attached hydrogen (secondary N) is 1. The molecule has 2 aromatic rings. The van der Waals surface area contributed by atoms with Crippen molar-refractivity contribution in [2.75, 3.05) is 47.9 Å². The molecule has 0 amide bonds. The molecule has 6 nitrogen and oxygen atoms in total. The third kappa shape index (κ3) is 7.00. The van der Waals surface area contributed by atoms with Gasteiger partial charge in [0.2, 0.25) is 0 Å². The lowest BCUT2D eigenvalue weighted by atomic mass is 10.0. The fraction of sp³-hybridized carbons (Fsp3) is 0.458. The highest BCUT2D eigenvalue weighted by Gasteiger charge is 2.24. The number of halogens is 1. The normalized spacial score (nSPS) is 15.9. The molecule has 0 bridgehead atoms. The zero-order valence-corrected chi connectivity index (χ0v) is 21.3. The van der Waals surface area contributed by atoms with Gasteiger partial charge in [0.1, 0.15) is 17.6 Å². The van der Waals surface area contributed by atoms with Crippen molar-refractivity contribution in [1.82, 2.24) is 15.1 Å². The van der Waals surface area contributed by atoms with Crippen molar-refractivity contribution in [3.8, 4) is 11.5 Å². The third-order valence-electron chi connectivity index (χ3n) is 5.57. The SMILES string of the molecule is CN=C(NCC(c1ccccc1OC)N(C)C)N1CCC(Oc2ccccc2)CC1.I. The van der Waals surface area contributed by atoms with Crippen LogP contribution < -0.4 is 14.8 Å². The highest BCUT2D eigenvalue weighted by atomic mass is 127. The Hall–Kier alpha value is -2.00. The number of methoxy groups -OCH3 is 1. The van der Waals surface area contributed by atoms with Gasteiger partial charge in [-0.15, -0.1) is 24.0 Å². The van der Waals surface area contributed by atoms with E-state index < -0.39 is 0 Å². The van der Waals surface area contributed by atoms with E-state index in [-0.39, 0.29) is 36.1 Å². The monoisotopic (exact) mass is 538 g/mol. The molecule has 7 heteroatoms. The number of aliphatic imine (C=N–C) groups is 1. The molecule has 0 aromatic heterocycles. The summed E-state index contributed by atoms with van der Waals surface area (Å²) in [5.41, 5.74) is 1.17. The molecule has 2 aromatic carbocycles. The quantitative estimate of drug-likeness (QED) is 0.328. The molecule has 1 aliphatic rings. The van der Waals surface area contributed by atoms with E-state index in [0.29, 0.717) is 0 Å². The Morgan fingerprint density at radius 2 is 1.74 bits per heavy atom. The molecule has 1 saturated heterocycles. The van der Waals surface area contributed by atoms with Crippen molar-refractivity contribution in [2.24, 2.45) is 4.99 Å². The number of nitrogens with zero attached hydrogens (tertiary/aromatic N) is 3. The average molecular weight is 538 g/mol. The first kappa shape index (κ1) is 25.3. The number of guanidine groups is 1. The fourth-order valence-electron chi connectivity index (χ4n) is 3.91. The van der Waals surface area contributed by atoms with Gasteiger partial charge in [-0.05, 0) is 32.3 Å². The van der Waals surface area contributed by atoms with Crippen molar-refractivity contribution in [2.45, 2.75) is 25.0 Å². The van der Waals surface area contributed by atoms with Crippen LogP contribution in [0.5, 0.6) is 11.5 Å². The van der Waals surface area contributed by atoms with Gasteiger partial charge in [0.05, 0.1) is 13.2 Å². The van der Waals surface area contributed by atoms with Crippen molar-refractivity contribution in [3.63, 3.8) is 0 Å². The van der Waals surface area contributed by atoms with Crippen LogP contribution in [0.15, 0.2) is 59.6 Å². The number of likely N-dealkylation sites (tertiary alicyclic amines) is 1. The number of ether oxygens (including phenoxy) is 2. The predicted octanol–water partition coefficient (Wildman–Crippen LogP) is 4.03. The molecular formula is C24H35IN4O2. The van der Waals surface area contributed by atoms with E-state index in [1.165, 1.54) is 5.56 Å². The third-order valence-corrected chi connectivity index (χ3v) is 5.57. The Morgan fingerprint density at radius 3 is 2.35 bits per heavy atom. The van der Waals surface area contributed by atoms with E-state index in [1.807, 2.05) is 49.5 Å². The van der Waals surface area contributed by atoms with Gasteiger partial charge >= 0.3 is 0 Å². The van der Waals surface area contributed by atoms with Gasteiger partial charge in [0.25, 0.3) is 0 Å². The molecule has 1 aliphatic heterocycles. The predicted molar refractivity (Wildman–Crippen MR) is 138 cm³/mol. The molecule has 0 saturated carbocycles. The lowest BCUT2D eigenvalue weighted by Gasteiger charge is -2.35. The number of piperidine rings is 1. The van der Waals surface area contributed by atoms with E-state index >= 15 is 0 Å². The van der Waals surface area contributed by atoms with Gasteiger partial charge in [0, 0.05) is 45.1 Å². The standard InChI is InChI=1S/C24H34N4O2.HI/c1-25-24(26-18-22(27(2)3)21-12-8-9-13-23(21)29-4)28-16-14-20(15-17-28)30-19-10-6-5-7-11-19;/h5-13,20,22H,14-18H2,1-4H3,(H,25,26);1H. The highest BCUT2D eigenvalue weighted by molar-refractivity contribution is 14.0. The Balaban J connectivity index is 0.00000341. The maximum Gasteiger partial charge on any atom is 0.193 e. The molecular weight excluding hydrogens is 503 g/mol. The summed E-state index contributed by atoms with van der Waals surface area (Å²) < 4.78 is 11.7. The lowest BCUT2D eigenvalue weighted by Crippen LogP contribution is -2.49. The van der Waals surface area contributed by atoms with Gasteiger partial charge in [-0.25, -0.2) is 0 Å². The van der Waals surface area contributed by atoms with Crippen LogP contribution in [0.25, 0.3) is 0 Å². The maximum atomic E-state index is 6.12. The van der Waals surface area contributed by atoms with E-state index in [1.54, 1.807) is 7.11 Å². The number of para-hydroxylation sites is 2. The summed E-state index contributed by atoms with van der Waals surface area (Å²) in [7, 11) is 7.75. The Kier molecular flexibility index (Phi) is 10.4. The summed E-state index contributed by atoms with van der Waals surface area (Å²) in [5.74, 6) is 2.80. The number of hydrogen-bond acceptors (Lipinski definition) is 4. The van der Waals surface area contributed by atoms with Crippen molar-refractivity contribution < 1.29 is 9.47 Å². The first-order chi connectivity index (χ1) is 14.6. The van der Waals surface area contributed by atoms with E-state index in [2.05, 4.69) is 46.3 Å². The van der Waals surface area contributed by atoms with Crippen LogP contribution in [0.1, 0.15) is 24.4 Å². The number of hydrogen-bond donors (Lipinski definition) is 1. The van der Waals surface area contributed by atoms with E-state index in [4.69, 9.17) is 9.47 Å². The Morgan fingerprint density at radius 1 is 1.10 bits per heavy atom. The zero-order valence-electron chi connectivity index (χ0n) is 19.0. The minimum Gasteiger partial charge on any atom is -0.496 e. The number of benzene rings is 2. The summed E-state index contributed by atoms with van der Waals surface area (Å²) in [6.45, 7) is 2.61. The van der Waals surface area contributed by atoms with Crippen LogP contribution >= 0.6 is 24.0 Å². The van der Waals surface area contributed by atoms with E-state index in [9.17, 15) is 0 Å². The second kappa shape index (κ2) is 12.8. The fourth-order valence-corrected chi connectivity index (χ4v) is 3.91. The van der Waals surface area contributed by atoms with Crippen LogP contribution in [0.3, 0.4) is 0 Å². The Labute approximate surface area is 203 Å². The summed E-state index contributed by atoms with van der Waals surface area (Å²) in [4.78, 5) is 9.05. The van der Waals surface area contributed by atoms with Gasteiger partial charge in [0.15, 0.2) is 5.96 Å². The smallest absolute Gasteiger partial charge is 0.193 e. The van der Waals surface area contributed by atoms with Crippen molar-refractivity contribution in [1.29, 1.82) is 0 Å². The second-order valence-corrected chi connectivity index (χ2v) is 7.77. The molecule has 0 spiro atoms. The summed E-state index contributed by atoms with van der Waals surface area (Å²) >= 11 is 0. The average Bonchev–Trinajstić information content (AvgIpc) is 2.78. The van der Waals surface area contributed by atoms with Gasteiger partial charge in [-0.1, -0.05) is 36.4 Å². The van der Waals surface area contributed by atoms with Crippen molar-refractivity contribution >= 4 is 29.9 Å². The molecule has 31 heavy (non-hydrogen) atoms. The van der Waals surface area contributed by atoms with Gasteiger partial charge in [-0.2, -0.15) is 0 Å². The molecule has 3 rings (SSSR count). The van der Waals surface area contributed by atoms with E-state index in [0.717, 1.165) is 49.9 Å². The lowest BCUT2D eigenvalue weighted by molar-refractivity contribution is 0.129. The highest BCUT2D eigenvalue weighted by Crippen LogP contribution is 2.27. The topological polar surface area (TPSA) is 49.3 Å². The molecule has 1 atom stereocenters. The van der Waals surface area contributed by atoms with Crippen LogP contribution in [-0.2, 0) is 0 Å². The molecule has 0 aliphatic carbocycles. The van der Waals surface area contributed by atoms with Crippen molar-refractivity contribution in [3.05, 3.63) is 60.2 Å². The largest absolute Gasteiger partial charge is 0.496 e. The summed E-state index contributed by atoms with van der Waals surface area (Å²) in [6, 6.07) is 18.5.